The highest BCUT2D eigenvalue weighted by Gasteiger charge is 2.73. The standard InChI is InChI=1S/C19H21BrF6O4S/c1-2-3-10-30-17(18(21,22)23,19(24,25)26)13-6-4-12(5-7-13)16(31(28)29)9-8-15(27)14(20)11-16/h4-7,14H,2-3,8-11H2,1H3,(H,28,29)/p-1. The molecule has 1 aliphatic rings. The van der Waals surface area contributed by atoms with E-state index in [2.05, 4.69) is 20.7 Å². The van der Waals surface area contributed by atoms with Crippen LogP contribution in [0.1, 0.15) is 50.2 Å². The van der Waals surface area contributed by atoms with Crippen molar-refractivity contribution in [3.63, 3.8) is 0 Å². The highest BCUT2D eigenvalue weighted by Crippen LogP contribution is 2.53. The molecule has 0 bridgehead atoms. The van der Waals surface area contributed by atoms with Crippen molar-refractivity contribution in [2.45, 2.75) is 66.6 Å². The summed E-state index contributed by atoms with van der Waals surface area (Å²) in [4.78, 5) is 11.0. The Hall–Kier alpha value is -0.980. The molecule has 1 aromatic rings. The molecule has 1 fully saturated rings. The van der Waals surface area contributed by atoms with Crippen LogP contribution in [0.25, 0.3) is 0 Å². The topological polar surface area (TPSA) is 66.4 Å². The Morgan fingerprint density at radius 2 is 1.71 bits per heavy atom. The number of alkyl halides is 7. The van der Waals surface area contributed by atoms with Gasteiger partial charge in [0.2, 0.25) is 0 Å². The van der Waals surface area contributed by atoms with Crippen LogP contribution in [0.15, 0.2) is 24.3 Å². The van der Waals surface area contributed by atoms with Gasteiger partial charge in [0.25, 0.3) is 5.60 Å². The van der Waals surface area contributed by atoms with Crippen LogP contribution in [0.2, 0.25) is 0 Å². The number of carbonyl (C=O) groups excluding carboxylic acids is 1. The van der Waals surface area contributed by atoms with Crippen molar-refractivity contribution >= 4 is 32.8 Å². The van der Waals surface area contributed by atoms with Crippen molar-refractivity contribution < 1.29 is 44.6 Å². The molecular formula is C19H20BrF6O4S-. The second-order valence-corrected chi connectivity index (χ2v) is 9.68. The molecule has 3 atom stereocenters. The van der Waals surface area contributed by atoms with Crippen LogP contribution in [0.5, 0.6) is 0 Å². The third kappa shape index (κ3) is 4.86. The van der Waals surface area contributed by atoms with Gasteiger partial charge in [-0.05, 0) is 35.9 Å². The molecule has 1 aromatic carbocycles. The SMILES string of the molecule is CCCCOC(c1ccc(C2(S(=O)[O-])CCC(=O)C(Br)C2)cc1)(C(F)(F)F)C(F)(F)F. The van der Waals surface area contributed by atoms with E-state index in [0.29, 0.717) is 18.6 Å². The Morgan fingerprint density at radius 1 is 1.16 bits per heavy atom. The van der Waals surface area contributed by atoms with Crippen molar-refractivity contribution in [1.82, 2.24) is 0 Å². The lowest BCUT2D eigenvalue weighted by Crippen LogP contribution is -2.56. The Balaban J connectivity index is 2.56. The molecule has 176 valence electrons. The van der Waals surface area contributed by atoms with Crippen molar-refractivity contribution in [2.24, 2.45) is 0 Å². The van der Waals surface area contributed by atoms with Gasteiger partial charge < -0.3 is 9.29 Å². The summed E-state index contributed by atoms with van der Waals surface area (Å²) < 4.78 is 109. The minimum Gasteiger partial charge on any atom is -0.772 e. The van der Waals surface area contributed by atoms with Crippen LogP contribution in [-0.4, -0.2) is 38.3 Å². The van der Waals surface area contributed by atoms with Gasteiger partial charge in [-0.3, -0.25) is 9.00 Å². The molecule has 4 nitrogen and oxygen atoms in total. The van der Waals surface area contributed by atoms with E-state index in [1.807, 2.05) is 0 Å². The molecule has 3 unspecified atom stereocenters. The first-order valence-corrected chi connectivity index (χ1v) is 11.4. The Morgan fingerprint density at radius 3 is 2.13 bits per heavy atom. The number of rotatable bonds is 7. The minimum absolute atomic E-state index is 0.00772. The average molecular weight is 538 g/mol. The molecule has 0 aliphatic heterocycles. The zero-order chi connectivity index (χ0) is 23.7. The number of carbonyl (C=O) groups is 1. The number of ether oxygens (including phenoxy) is 1. The van der Waals surface area contributed by atoms with E-state index in [0.717, 1.165) is 12.1 Å². The summed E-state index contributed by atoms with van der Waals surface area (Å²) in [5, 5.41) is 0. The van der Waals surface area contributed by atoms with Gasteiger partial charge in [0.1, 0.15) is 5.78 Å². The predicted octanol–water partition coefficient (Wildman–Crippen LogP) is 5.41. The molecule has 1 saturated carbocycles. The number of hydrogen-bond donors (Lipinski definition) is 0. The maximum absolute atomic E-state index is 13.7. The molecule has 0 aromatic heterocycles. The van der Waals surface area contributed by atoms with Gasteiger partial charge in [-0.2, -0.15) is 26.3 Å². The fraction of sp³-hybridized carbons (Fsp3) is 0.632. The highest BCUT2D eigenvalue weighted by molar-refractivity contribution is 9.10. The van der Waals surface area contributed by atoms with Crippen LogP contribution >= 0.6 is 15.9 Å². The second-order valence-electron chi connectivity index (χ2n) is 7.32. The van der Waals surface area contributed by atoms with E-state index in [-0.39, 0.29) is 37.0 Å². The zero-order valence-corrected chi connectivity index (χ0v) is 18.7. The van der Waals surface area contributed by atoms with Crippen LogP contribution in [-0.2, 0) is 31.0 Å². The highest BCUT2D eigenvalue weighted by atomic mass is 79.9. The van der Waals surface area contributed by atoms with E-state index in [9.17, 15) is 39.9 Å². The van der Waals surface area contributed by atoms with Gasteiger partial charge in [0, 0.05) is 18.6 Å². The van der Waals surface area contributed by atoms with Gasteiger partial charge in [-0.1, -0.05) is 53.5 Å². The first-order chi connectivity index (χ1) is 14.2. The summed E-state index contributed by atoms with van der Waals surface area (Å²) in [6.07, 6.45) is -11.7. The van der Waals surface area contributed by atoms with Crippen LogP contribution in [0.3, 0.4) is 0 Å². The number of hydrogen-bond acceptors (Lipinski definition) is 4. The van der Waals surface area contributed by atoms with E-state index in [1.54, 1.807) is 6.92 Å². The van der Waals surface area contributed by atoms with Crippen molar-refractivity contribution in [3.05, 3.63) is 35.4 Å². The lowest BCUT2D eigenvalue weighted by Gasteiger charge is -2.41. The smallest absolute Gasteiger partial charge is 0.430 e. The minimum atomic E-state index is -5.81. The van der Waals surface area contributed by atoms with Crippen LogP contribution in [0.4, 0.5) is 26.3 Å². The molecule has 0 N–H and O–H groups in total. The molecule has 31 heavy (non-hydrogen) atoms. The number of ketones is 1. The first kappa shape index (κ1) is 26.3. The third-order valence-corrected chi connectivity index (χ3v) is 7.46. The van der Waals surface area contributed by atoms with Gasteiger partial charge in [-0.15, -0.1) is 0 Å². The zero-order valence-electron chi connectivity index (χ0n) is 16.3. The fourth-order valence-electron chi connectivity index (χ4n) is 3.61. The van der Waals surface area contributed by atoms with Crippen molar-refractivity contribution in [1.29, 1.82) is 0 Å². The quantitative estimate of drug-likeness (QED) is 0.202. The van der Waals surface area contributed by atoms with Crippen molar-refractivity contribution in [3.8, 4) is 0 Å². The fourth-order valence-corrected chi connectivity index (χ4v) is 5.51. The average Bonchev–Trinajstić information content (AvgIpc) is 2.65. The Bertz CT molecular complexity index is 797. The molecule has 0 saturated heterocycles. The van der Waals surface area contributed by atoms with Gasteiger partial charge in [-0.25, -0.2) is 0 Å². The van der Waals surface area contributed by atoms with Crippen LogP contribution in [0, 0.1) is 0 Å². The number of Topliss-reactive ketones (excluding diaryl/α,β-unsaturated/α-hetero) is 1. The molecule has 0 amide bonds. The monoisotopic (exact) mass is 537 g/mol. The molecular weight excluding hydrogens is 518 g/mol. The summed E-state index contributed by atoms with van der Waals surface area (Å²) in [5.74, 6) is -0.227. The first-order valence-electron chi connectivity index (χ1n) is 9.37. The normalized spacial score (nSPS) is 24.3. The molecule has 12 heteroatoms. The number of unbranched alkanes of at least 4 members (excludes halogenated alkanes) is 1. The lowest BCUT2D eigenvalue weighted by molar-refractivity contribution is -0.389. The Labute approximate surface area is 186 Å². The summed E-state index contributed by atoms with van der Waals surface area (Å²) >= 11 is 0.315. The van der Waals surface area contributed by atoms with Crippen LogP contribution < -0.4 is 0 Å². The largest absolute Gasteiger partial charge is 0.772 e. The molecule has 0 spiro atoms. The summed E-state index contributed by atoms with van der Waals surface area (Å²) in [6.45, 7) is 0.828. The third-order valence-electron chi connectivity index (χ3n) is 5.38. The second kappa shape index (κ2) is 9.48. The van der Waals surface area contributed by atoms with E-state index >= 15 is 0 Å². The van der Waals surface area contributed by atoms with E-state index in [1.165, 1.54) is 0 Å². The molecule has 0 radical (unpaired) electrons. The van der Waals surface area contributed by atoms with Crippen molar-refractivity contribution in [2.75, 3.05) is 6.61 Å². The summed E-state index contributed by atoms with van der Waals surface area (Å²) in [5.41, 5.74) is -5.73. The molecule has 2 rings (SSSR count). The molecule has 0 heterocycles. The number of halogens is 7. The predicted molar refractivity (Wildman–Crippen MR) is 103 cm³/mol. The maximum atomic E-state index is 13.7. The van der Waals surface area contributed by atoms with Gasteiger partial charge >= 0.3 is 12.4 Å². The number of benzene rings is 1. The van der Waals surface area contributed by atoms with Gasteiger partial charge in [0.15, 0.2) is 0 Å². The van der Waals surface area contributed by atoms with Gasteiger partial charge in [0.05, 0.1) is 9.57 Å². The maximum Gasteiger partial charge on any atom is 0.430 e. The van der Waals surface area contributed by atoms with E-state index < -0.39 is 50.8 Å². The Kier molecular flexibility index (Phi) is 8.04. The summed E-state index contributed by atoms with van der Waals surface area (Å²) in [6, 6.07) is 3.04. The molecule has 1 aliphatic carbocycles. The lowest BCUT2D eigenvalue weighted by atomic mass is 9.81. The van der Waals surface area contributed by atoms with E-state index in [4.69, 9.17) is 0 Å². The summed E-state index contributed by atoms with van der Waals surface area (Å²) in [7, 11) is 0.